The van der Waals surface area contributed by atoms with Crippen molar-refractivity contribution in [3.05, 3.63) is 59.3 Å². The quantitative estimate of drug-likeness (QED) is 0.757. The van der Waals surface area contributed by atoms with E-state index >= 15 is 0 Å². The second-order valence-electron chi connectivity index (χ2n) is 4.39. The molecule has 0 saturated heterocycles. The molecule has 20 heavy (non-hydrogen) atoms. The Hall–Kier alpha value is -2.34. The number of aromatic nitrogens is 3. The van der Waals surface area contributed by atoms with Gasteiger partial charge in [-0.2, -0.15) is 11.3 Å². The minimum absolute atomic E-state index is 0.00575. The second-order valence-corrected chi connectivity index (χ2v) is 5.17. The average molecular weight is 286 g/mol. The van der Waals surface area contributed by atoms with Crippen molar-refractivity contribution >= 4 is 23.2 Å². The summed E-state index contributed by atoms with van der Waals surface area (Å²) in [5.41, 5.74) is 1.14. The maximum atomic E-state index is 12.1. The average Bonchev–Trinajstić information content (AvgIpc) is 3.18. The standard InChI is InChI=1S/C14H14N4OS/c19-13(17-14-15-4-5-16-14)9-12(11-3-8-20-10-11)18-6-1-2-7-18/h1-8,10,12H,9H2,(H2,15,16,17,19)/t12-/m1/s1. The first-order valence-electron chi connectivity index (χ1n) is 6.27. The highest BCUT2D eigenvalue weighted by Gasteiger charge is 2.18. The van der Waals surface area contributed by atoms with E-state index in [2.05, 4.69) is 26.7 Å². The van der Waals surface area contributed by atoms with Gasteiger partial charge in [0.05, 0.1) is 12.5 Å². The molecular weight excluding hydrogens is 272 g/mol. The van der Waals surface area contributed by atoms with E-state index in [1.54, 1.807) is 23.7 Å². The van der Waals surface area contributed by atoms with Gasteiger partial charge in [-0.25, -0.2) is 4.98 Å². The predicted octanol–water partition coefficient (Wildman–Crippen LogP) is 2.89. The van der Waals surface area contributed by atoms with Crippen LogP contribution in [0.15, 0.2) is 53.7 Å². The summed E-state index contributed by atoms with van der Waals surface area (Å²) in [6.07, 6.45) is 7.60. The van der Waals surface area contributed by atoms with Crippen LogP contribution < -0.4 is 5.32 Å². The van der Waals surface area contributed by atoms with E-state index in [-0.39, 0.29) is 11.9 Å². The van der Waals surface area contributed by atoms with Crippen molar-refractivity contribution in [2.45, 2.75) is 12.5 Å². The molecule has 0 saturated carbocycles. The first-order valence-corrected chi connectivity index (χ1v) is 7.21. The summed E-state index contributed by atoms with van der Waals surface area (Å²) in [5, 5.41) is 6.86. The molecule has 0 fully saturated rings. The van der Waals surface area contributed by atoms with Crippen LogP contribution in [-0.2, 0) is 4.79 Å². The van der Waals surface area contributed by atoms with Crippen LogP contribution in [0.25, 0.3) is 0 Å². The Morgan fingerprint density at radius 2 is 2.30 bits per heavy atom. The summed E-state index contributed by atoms with van der Waals surface area (Å²) in [4.78, 5) is 19.0. The number of carbonyl (C=O) groups excluding carboxylic acids is 1. The molecular formula is C14H14N4OS. The third-order valence-corrected chi connectivity index (χ3v) is 3.75. The van der Waals surface area contributed by atoms with Gasteiger partial charge in [0, 0.05) is 24.8 Å². The molecule has 0 spiro atoms. The van der Waals surface area contributed by atoms with Crippen molar-refractivity contribution in [1.82, 2.24) is 14.5 Å². The Bertz CT molecular complexity index is 609. The van der Waals surface area contributed by atoms with Gasteiger partial charge in [-0.3, -0.25) is 10.1 Å². The van der Waals surface area contributed by atoms with E-state index in [9.17, 15) is 4.79 Å². The molecule has 1 amide bonds. The van der Waals surface area contributed by atoms with Gasteiger partial charge in [0.2, 0.25) is 11.9 Å². The molecule has 2 N–H and O–H groups in total. The summed E-state index contributed by atoms with van der Waals surface area (Å²) in [7, 11) is 0. The molecule has 3 aromatic rings. The minimum atomic E-state index is -0.0650. The molecule has 0 bridgehead atoms. The van der Waals surface area contributed by atoms with Gasteiger partial charge < -0.3 is 9.55 Å². The minimum Gasteiger partial charge on any atom is -0.346 e. The zero-order chi connectivity index (χ0) is 13.8. The number of nitrogens with one attached hydrogen (secondary N) is 2. The fourth-order valence-electron chi connectivity index (χ4n) is 2.11. The third kappa shape index (κ3) is 2.80. The van der Waals surface area contributed by atoms with Crippen LogP contribution in [0.5, 0.6) is 0 Å². The molecule has 0 aromatic carbocycles. The number of carbonyl (C=O) groups is 1. The van der Waals surface area contributed by atoms with E-state index in [0.717, 1.165) is 5.56 Å². The van der Waals surface area contributed by atoms with Gasteiger partial charge in [0.15, 0.2) is 0 Å². The Morgan fingerprint density at radius 1 is 1.45 bits per heavy atom. The Morgan fingerprint density at radius 3 is 2.95 bits per heavy atom. The van der Waals surface area contributed by atoms with Crippen molar-refractivity contribution in [3.63, 3.8) is 0 Å². The fourth-order valence-corrected chi connectivity index (χ4v) is 2.81. The summed E-state index contributed by atoms with van der Waals surface area (Å²) in [6.45, 7) is 0. The first kappa shape index (κ1) is 12.7. The summed E-state index contributed by atoms with van der Waals surface area (Å²) >= 11 is 1.63. The lowest BCUT2D eigenvalue weighted by molar-refractivity contribution is -0.116. The number of thiophene rings is 1. The number of aromatic amines is 1. The van der Waals surface area contributed by atoms with Gasteiger partial charge in [-0.05, 0) is 34.5 Å². The predicted molar refractivity (Wildman–Crippen MR) is 78.7 cm³/mol. The number of anilines is 1. The van der Waals surface area contributed by atoms with Crippen LogP contribution >= 0.6 is 11.3 Å². The summed E-state index contributed by atoms with van der Waals surface area (Å²) < 4.78 is 2.05. The number of nitrogens with zero attached hydrogens (tertiary/aromatic N) is 2. The Balaban J connectivity index is 1.75. The summed E-state index contributed by atoms with van der Waals surface area (Å²) in [5.74, 6) is 0.413. The van der Waals surface area contributed by atoms with Crippen molar-refractivity contribution in [1.29, 1.82) is 0 Å². The lowest BCUT2D eigenvalue weighted by Crippen LogP contribution is -2.19. The van der Waals surface area contributed by atoms with E-state index < -0.39 is 0 Å². The molecule has 0 radical (unpaired) electrons. The normalized spacial score (nSPS) is 12.2. The summed E-state index contributed by atoms with van der Waals surface area (Å²) in [6, 6.07) is 5.98. The van der Waals surface area contributed by atoms with Crippen LogP contribution in [0.3, 0.4) is 0 Å². The smallest absolute Gasteiger partial charge is 0.229 e. The highest BCUT2D eigenvalue weighted by molar-refractivity contribution is 7.07. The molecule has 0 aliphatic carbocycles. The molecule has 3 rings (SSSR count). The lowest BCUT2D eigenvalue weighted by atomic mass is 10.1. The number of hydrogen-bond acceptors (Lipinski definition) is 3. The Kier molecular flexibility index (Phi) is 3.64. The van der Waals surface area contributed by atoms with Crippen LogP contribution in [0.4, 0.5) is 5.95 Å². The zero-order valence-electron chi connectivity index (χ0n) is 10.7. The molecule has 1 atom stereocenters. The van der Waals surface area contributed by atoms with E-state index in [1.807, 2.05) is 34.5 Å². The maximum absolute atomic E-state index is 12.1. The molecule has 102 valence electrons. The van der Waals surface area contributed by atoms with Gasteiger partial charge in [-0.15, -0.1) is 0 Å². The van der Waals surface area contributed by atoms with Gasteiger partial charge in [0.25, 0.3) is 0 Å². The number of H-pyrrole nitrogens is 1. The second kappa shape index (κ2) is 5.75. The first-order chi connectivity index (χ1) is 9.83. The highest BCUT2D eigenvalue weighted by atomic mass is 32.1. The monoisotopic (exact) mass is 286 g/mol. The molecule has 3 heterocycles. The molecule has 5 nitrogen and oxygen atoms in total. The molecule has 3 aromatic heterocycles. The number of imidazole rings is 1. The van der Waals surface area contributed by atoms with Gasteiger partial charge in [-0.1, -0.05) is 0 Å². The molecule has 0 aliphatic rings. The van der Waals surface area contributed by atoms with Crippen molar-refractivity contribution in [2.24, 2.45) is 0 Å². The third-order valence-electron chi connectivity index (χ3n) is 3.05. The molecule has 6 heteroatoms. The number of hydrogen-bond donors (Lipinski definition) is 2. The van der Waals surface area contributed by atoms with Crippen LogP contribution in [0.1, 0.15) is 18.0 Å². The lowest BCUT2D eigenvalue weighted by Gasteiger charge is -2.17. The fraction of sp³-hybridized carbons (Fsp3) is 0.143. The van der Waals surface area contributed by atoms with Crippen molar-refractivity contribution in [3.8, 4) is 0 Å². The van der Waals surface area contributed by atoms with E-state index in [1.165, 1.54) is 0 Å². The van der Waals surface area contributed by atoms with Crippen LogP contribution in [-0.4, -0.2) is 20.4 Å². The van der Waals surface area contributed by atoms with Crippen LogP contribution in [0.2, 0.25) is 0 Å². The molecule has 0 unspecified atom stereocenters. The Labute approximate surface area is 120 Å². The van der Waals surface area contributed by atoms with Gasteiger partial charge in [0.1, 0.15) is 0 Å². The highest BCUT2D eigenvalue weighted by Crippen LogP contribution is 2.24. The largest absolute Gasteiger partial charge is 0.346 e. The van der Waals surface area contributed by atoms with Gasteiger partial charge >= 0.3 is 0 Å². The zero-order valence-corrected chi connectivity index (χ0v) is 11.5. The number of rotatable bonds is 5. The van der Waals surface area contributed by atoms with Crippen molar-refractivity contribution in [2.75, 3.05) is 5.32 Å². The van der Waals surface area contributed by atoms with E-state index in [0.29, 0.717) is 12.4 Å². The van der Waals surface area contributed by atoms with Crippen molar-refractivity contribution < 1.29 is 4.79 Å². The maximum Gasteiger partial charge on any atom is 0.229 e. The van der Waals surface area contributed by atoms with E-state index in [4.69, 9.17) is 0 Å². The molecule has 0 aliphatic heterocycles. The topological polar surface area (TPSA) is 62.7 Å². The SMILES string of the molecule is O=C(C[C@H](c1ccsc1)n1cccc1)Nc1ncc[nH]1. The number of amides is 1. The van der Waals surface area contributed by atoms with Crippen LogP contribution in [0, 0.1) is 0 Å².